The van der Waals surface area contributed by atoms with E-state index in [4.69, 9.17) is 0 Å². The summed E-state index contributed by atoms with van der Waals surface area (Å²) in [5, 5.41) is 3.67. The Balaban J connectivity index is 1.77. The van der Waals surface area contributed by atoms with Gasteiger partial charge in [-0.1, -0.05) is 52.0 Å². The molecule has 0 aliphatic heterocycles. The minimum Gasteiger partial charge on any atom is -0.316 e. The minimum absolute atomic E-state index is 0.361. The fourth-order valence-corrected chi connectivity index (χ4v) is 4.14. The molecule has 1 fully saturated rings. The smallest absolute Gasteiger partial charge is 0.0000324 e. The van der Waals surface area contributed by atoms with E-state index in [1.165, 1.54) is 25.8 Å². The zero-order valence-corrected chi connectivity index (χ0v) is 13.5. The molecular formula is C19H29N. The Hall–Kier alpha value is -0.820. The summed E-state index contributed by atoms with van der Waals surface area (Å²) in [4.78, 5) is 0. The first-order valence-electron chi connectivity index (χ1n) is 8.26. The summed E-state index contributed by atoms with van der Waals surface area (Å²) in [5.74, 6) is 1.61. The van der Waals surface area contributed by atoms with E-state index >= 15 is 0 Å². The summed E-state index contributed by atoms with van der Waals surface area (Å²) in [5.41, 5.74) is 4.14. The van der Waals surface area contributed by atoms with Crippen molar-refractivity contribution >= 4 is 0 Å². The lowest BCUT2D eigenvalue weighted by Crippen LogP contribution is -2.32. The van der Waals surface area contributed by atoms with Gasteiger partial charge in [-0.05, 0) is 60.7 Å². The Bertz CT molecular complexity index is 488. The maximum absolute atomic E-state index is 3.67. The lowest BCUT2D eigenvalue weighted by molar-refractivity contribution is 0.362. The minimum atomic E-state index is 0.361. The Morgan fingerprint density at radius 2 is 1.85 bits per heavy atom. The van der Waals surface area contributed by atoms with Crippen LogP contribution >= 0.6 is 0 Å². The molecule has 110 valence electrons. The topological polar surface area (TPSA) is 12.0 Å². The summed E-state index contributed by atoms with van der Waals surface area (Å²) < 4.78 is 0. The highest BCUT2D eigenvalue weighted by Crippen LogP contribution is 2.62. The van der Waals surface area contributed by atoms with Crippen molar-refractivity contribution < 1.29 is 0 Å². The van der Waals surface area contributed by atoms with E-state index < -0.39 is 0 Å². The number of rotatable bonds is 4. The van der Waals surface area contributed by atoms with Crippen LogP contribution in [0.15, 0.2) is 24.3 Å². The third-order valence-corrected chi connectivity index (χ3v) is 5.56. The van der Waals surface area contributed by atoms with Crippen LogP contribution in [0.2, 0.25) is 0 Å². The van der Waals surface area contributed by atoms with Crippen molar-refractivity contribution in [3.8, 4) is 0 Å². The number of hydrogen-bond acceptors (Lipinski definition) is 1. The molecule has 2 aliphatic rings. The van der Waals surface area contributed by atoms with Crippen LogP contribution in [0.5, 0.6) is 0 Å². The summed E-state index contributed by atoms with van der Waals surface area (Å²) in [7, 11) is 0. The summed E-state index contributed by atoms with van der Waals surface area (Å²) >= 11 is 0. The number of nitrogens with one attached hydrogen (secondary N) is 1. The third-order valence-electron chi connectivity index (χ3n) is 5.56. The molecule has 0 aromatic heterocycles. The first-order valence-corrected chi connectivity index (χ1v) is 8.26. The Morgan fingerprint density at radius 1 is 1.15 bits per heavy atom. The largest absolute Gasteiger partial charge is 0.316 e. The monoisotopic (exact) mass is 271 g/mol. The van der Waals surface area contributed by atoms with Crippen LogP contribution in [0.4, 0.5) is 0 Å². The van der Waals surface area contributed by atoms with E-state index in [0.717, 1.165) is 18.4 Å². The standard InChI is InChI=1S/C19H29N/c1-14(2)12-20-13-15-11-19(15)10-9-18(3,4)16-7-5-6-8-17(16)19/h5-8,14-15,20H,9-13H2,1-4H3. The SMILES string of the molecule is CC(C)CNCC1CC12CCC(C)(C)c1ccccc12. The van der Waals surface area contributed by atoms with E-state index in [1.54, 1.807) is 11.1 Å². The van der Waals surface area contributed by atoms with Gasteiger partial charge in [-0.2, -0.15) is 0 Å². The van der Waals surface area contributed by atoms with Crippen molar-refractivity contribution in [1.82, 2.24) is 5.32 Å². The van der Waals surface area contributed by atoms with Gasteiger partial charge >= 0.3 is 0 Å². The predicted octanol–water partition coefficient (Wildman–Crippen LogP) is 4.26. The molecule has 1 aromatic rings. The number of fused-ring (bicyclic) bond motifs is 2. The number of benzene rings is 1. The summed E-state index contributed by atoms with van der Waals surface area (Å²) in [6.45, 7) is 11.7. The van der Waals surface area contributed by atoms with E-state index in [9.17, 15) is 0 Å². The summed E-state index contributed by atoms with van der Waals surface area (Å²) in [6.07, 6.45) is 4.11. The number of hydrogen-bond donors (Lipinski definition) is 1. The Labute approximate surface area is 124 Å². The second kappa shape index (κ2) is 4.87. The molecule has 1 N–H and O–H groups in total. The zero-order chi connectivity index (χ0) is 14.4. The lowest BCUT2D eigenvalue weighted by atomic mass is 9.66. The molecule has 1 saturated carbocycles. The van der Waals surface area contributed by atoms with Gasteiger partial charge in [-0.3, -0.25) is 0 Å². The van der Waals surface area contributed by atoms with Gasteiger partial charge < -0.3 is 5.32 Å². The molecule has 2 unspecified atom stereocenters. The highest BCUT2D eigenvalue weighted by Gasteiger charge is 2.58. The highest BCUT2D eigenvalue weighted by molar-refractivity contribution is 5.46. The molecule has 20 heavy (non-hydrogen) atoms. The van der Waals surface area contributed by atoms with Gasteiger partial charge in [0.2, 0.25) is 0 Å². The summed E-state index contributed by atoms with van der Waals surface area (Å²) in [6, 6.07) is 9.22. The fraction of sp³-hybridized carbons (Fsp3) is 0.684. The molecule has 0 bridgehead atoms. The molecule has 3 rings (SSSR count). The van der Waals surface area contributed by atoms with Gasteiger partial charge in [0.1, 0.15) is 0 Å². The van der Waals surface area contributed by atoms with E-state index in [2.05, 4.69) is 57.3 Å². The third kappa shape index (κ3) is 2.30. The predicted molar refractivity (Wildman–Crippen MR) is 86.2 cm³/mol. The van der Waals surface area contributed by atoms with Crippen LogP contribution in [0.25, 0.3) is 0 Å². The first-order chi connectivity index (χ1) is 9.46. The lowest BCUT2D eigenvalue weighted by Gasteiger charge is -2.38. The highest BCUT2D eigenvalue weighted by atomic mass is 14.9. The molecular weight excluding hydrogens is 242 g/mol. The molecule has 1 aromatic carbocycles. The maximum atomic E-state index is 3.67. The molecule has 1 spiro atoms. The zero-order valence-electron chi connectivity index (χ0n) is 13.5. The fourth-order valence-electron chi connectivity index (χ4n) is 4.14. The van der Waals surface area contributed by atoms with Gasteiger partial charge in [-0.15, -0.1) is 0 Å². The first kappa shape index (κ1) is 14.1. The molecule has 1 nitrogen and oxygen atoms in total. The van der Waals surface area contributed by atoms with E-state index in [-0.39, 0.29) is 0 Å². The van der Waals surface area contributed by atoms with Crippen LogP contribution in [0.1, 0.15) is 58.1 Å². The molecule has 0 radical (unpaired) electrons. The van der Waals surface area contributed by atoms with Crippen molar-refractivity contribution in [2.45, 2.75) is 57.8 Å². The van der Waals surface area contributed by atoms with Gasteiger partial charge in [0, 0.05) is 5.41 Å². The second-order valence-electron chi connectivity index (χ2n) is 8.04. The van der Waals surface area contributed by atoms with Crippen LogP contribution in [-0.4, -0.2) is 13.1 Å². The van der Waals surface area contributed by atoms with Crippen molar-refractivity contribution in [3.05, 3.63) is 35.4 Å². The van der Waals surface area contributed by atoms with Crippen molar-refractivity contribution in [1.29, 1.82) is 0 Å². The second-order valence-corrected chi connectivity index (χ2v) is 8.04. The normalized spacial score (nSPS) is 30.6. The van der Waals surface area contributed by atoms with Crippen LogP contribution in [0, 0.1) is 11.8 Å². The maximum Gasteiger partial charge on any atom is 0.0000324 e. The Morgan fingerprint density at radius 3 is 2.55 bits per heavy atom. The van der Waals surface area contributed by atoms with E-state index in [0.29, 0.717) is 10.8 Å². The molecule has 2 atom stereocenters. The molecule has 0 saturated heterocycles. The Kier molecular flexibility index (Phi) is 3.44. The van der Waals surface area contributed by atoms with Crippen LogP contribution in [-0.2, 0) is 10.8 Å². The van der Waals surface area contributed by atoms with Crippen molar-refractivity contribution in [3.63, 3.8) is 0 Å². The van der Waals surface area contributed by atoms with Crippen LogP contribution in [0.3, 0.4) is 0 Å². The van der Waals surface area contributed by atoms with Crippen molar-refractivity contribution in [2.75, 3.05) is 13.1 Å². The van der Waals surface area contributed by atoms with Crippen LogP contribution < -0.4 is 5.32 Å². The van der Waals surface area contributed by atoms with E-state index in [1.807, 2.05) is 0 Å². The van der Waals surface area contributed by atoms with Gasteiger partial charge in [-0.25, -0.2) is 0 Å². The average Bonchev–Trinajstić information content (AvgIpc) is 3.10. The quantitative estimate of drug-likeness (QED) is 0.862. The van der Waals surface area contributed by atoms with Gasteiger partial charge in [0.15, 0.2) is 0 Å². The van der Waals surface area contributed by atoms with Gasteiger partial charge in [0.25, 0.3) is 0 Å². The molecule has 0 heterocycles. The average molecular weight is 271 g/mol. The molecule has 2 aliphatic carbocycles. The molecule has 1 heteroatoms. The van der Waals surface area contributed by atoms with Gasteiger partial charge in [0.05, 0.1) is 0 Å². The molecule has 0 amide bonds. The van der Waals surface area contributed by atoms with Crippen molar-refractivity contribution in [2.24, 2.45) is 11.8 Å².